The van der Waals surface area contributed by atoms with E-state index >= 15 is 0 Å². The van der Waals surface area contributed by atoms with Crippen LogP contribution in [-0.2, 0) is 9.53 Å². The lowest BCUT2D eigenvalue weighted by Gasteiger charge is -2.31. The van der Waals surface area contributed by atoms with E-state index in [1.165, 1.54) is 6.42 Å². The second-order valence-corrected chi connectivity index (χ2v) is 6.99. The number of amides is 1. The van der Waals surface area contributed by atoms with Gasteiger partial charge in [-0.3, -0.25) is 4.79 Å². The van der Waals surface area contributed by atoms with E-state index < -0.39 is 0 Å². The van der Waals surface area contributed by atoms with Gasteiger partial charge in [0.05, 0.1) is 11.8 Å². The fourth-order valence-corrected chi connectivity index (χ4v) is 3.52. The number of rotatable bonds is 4. The van der Waals surface area contributed by atoms with E-state index in [4.69, 9.17) is 10.5 Å². The van der Waals surface area contributed by atoms with Crippen LogP contribution in [0.15, 0.2) is 22.7 Å². The van der Waals surface area contributed by atoms with Crippen molar-refractivity contribution in [3.05, 3.63) is 22.7 Å². The molecule has 5 heteroatoms. The van der Waals surface area contributed by atoms with Crippen LogP contribution in [0, 0.1) is 11.8 Å². The summed E-state index contributed by atoms with van der Waals surface area (Å²) in [5, 5.41) is 2.83. The number of halogens is 1. The summed E-state index contributed by atoms with van der Waals surface area (Å²) in [5.41, 5.74) is 7.04. The van der Waals surface area contributed by atoms with Crippen LogP contribution in [0.1, 0.15) is 33.1 Å². The first-order valence-electron chi connectivity index (χ1n) is 7.40. The molecule has 1 amide bonds. The Labute approximate surface area is 134 Å². The summed E-state index contributed by atoms with van der Waals surface area (Å²) in [7, 11) is 0. The first kappa shape index (κ1) is 16.3. The van der Waals surface area contributed by atoms with E-state index in [0.717, 1.165) is 17.3 Å². The highest BCUT2D eigenvalue weighted by Gasteiger charge is 2.24. The van der Waals surface area contributed by atoms with Gasteiger partial charge in [0.15, 0.2) is 0 Å². The molecular weight excluding hydrogens is 332 g/mol. The van der Waals surface area contributed by atoms with E-state index in [2.05, 4.69) is 35.1 Å². The first-order chi connectivity index (χ1) is 9.94. The Hall–Kier alpha value is -1.07. The third-order valence-corrected chi connectivity index (χ3v) is 4.51. The van der Waals surface area contributed by atoms with Crippen LogP contribution in [0.2, 0.25) is 0 Å². The van der Waals surface area contributed by atoms with Crippen molar-refractivity contribution >= 4 is 33.2 Å². The number of nitrogens with one attached hydrogen (secondary N) is 1. The van der Waals surface area contributed by atoms with Gasteiger partial charge in [-0.2, -0.15) is 0 Å². The van der Waals surface area contributed by atoms with Crippen molar-refractivity contribution in [2.24, 2.45) is 11.8 Å². The fourth-order valence-electron chi connectivity index (χ4n) is 3.02. The number of ether oxygens (including phenoxy) is 1. The van der Waals surface area contributed by atoms with Crippen LogP contribution in [0.3, 0.4) is 0 Å². The van der Waals surface area contributed by atoms with Gasteiger partial charge in [-0.15, -0.1) is 0 Å². The number of benzene rings is 1. The molecule has 3 N–H and O–H groups in total. The molecule has 1 aliphatic rings. The SMILES string of the molecule is CC1CC(C)CC(OCC(=O)Nc2ccc(N)cc2Br)C1. The Kier molecular flexibility index (Phi) is 5.65. The van der Waals surface area contributed by atoms with Crippen molar-refractivity contribution in [3.8, 4) is 0 Å². The molecule has 21 heavy (non-hydrogen) atoms. The van der Waals surface area contributed by atoms with E-state index in [0.29, 0.717) is 23.2 Å². The van der Waals surface area contributed by atoms with Crippen molar-refractivity contribution in [1.29, 1.82) is 0 Å². The maximum atomic E-state index is 12.0. The Bertz CT molecular complexity index is 497. The molecule has 0 bridgehead atoms. The van der Waals surface area contributed by atoms with Crippen LogP contribution in [0.5, 0.6) is 0 Å². The number of carbonyl (C=O) groups excluding carboxylic acids is 1. The molecule has 0 radical (unpaired) electrons. The first-order valence-corrected chi connectivity index (χ1v) is 8.19. The zero-order chi connectivity index (χ0) is 15.4. The number of hydrogen-bond acceptors (Lipinski definition) is 3. The van der Waals surface area contributed by atoms with E-state index in [9.17, 15) is 4.79 Å². The molecule has 1 aliphatic carbocycles. The predicted molar refractivity (Wildman–Crippen MR) is 89.1 cm³/mol. The van der Waals surface area contributed by atoms with Gasteiger partial charge in [0.2, 0.25) is 5.91 Å². The Morgan fingerprint density at radius 1 is 1.33 bits per heavy atom. The molecule has 0 aliphatic heterocycles. The Morgan fingerprint density at radius 2 is 2.00 bits per heavy atom. The minimum Gasteiger partial charge on any atom is -0.399 e. The number of nitrogen functional groups attached to an aromatic ring is 1. The second kappa shape index (κ2) is 7.27. The van der Waals surface area contributed by atoms with Crippen LogP contribution in [0.4, 0.5) is 11.4 Å². The normalized spacial score (nSPS) is 25.6. The molecule has 1 saturated carbocycles. The second-order valence-electron chi connectivity index (χ2n) is 6.14. The number of carbonyl (C=O) groups is 1. The smallest absolute Gasteiger partial charge is 0.250 e. The van der Waals surface area contributed by atoms with Crippen LogP contribution in [-0.4, -0.2) is 18.6 Å². The maximum absolute atomic E-state index is 12.0. The third kappa shape index (κ3) is 5.00. The summed E-state index contributed by atoms with van der Waals surface area (Å²) in [4.78, 5) is 12.0. The molecule has 1 aromatic carbocycles. The molecular formula is C16H23BrN2O2. The molecule has 0 aromatic heterocycles. The lowest BCUT2D eigenvalue weighted by molar-refractivity contribution is -0.124. The standard InChI is InChI=1S/C16H23BrN2O2/c1-10-5-11(2)7-13(6-10)21-9-16(20)19-15-4-3-12(18)8-14(15)17/h3-4,8,10-11,13H,5-7,9,18H2,1-2H3,(H,19,20). The van der Waals surface area contributed by atoms with Crippen LogP contribution < -0.4 is 11.1 Å². The van der Waals surface area contributed by atoms with Gasteiger partial charge in [-0.05, 0) is 65.2 Å². The lowest BCUT2D eigenvalue weighted by Crippen LogP contribution is -2.29. The molecule has 0 saturated heterocycles. The molecule has 1 aromatic rings. The van der Waals surface area contributed by atoms with Crippen LogP contribution >= 0.6 is 15.9 Å². The molecule has 2 atom stereocenters. The Balaban J connectivity index is 1.82. The zero-order valence-corrected chi connectivity index (χ0v) is 14.2. The number of anilines is 2. The van der Waals surface area contributed by atoms with Crippen molar-refractivity contribution in [1.82, 2.24) is 0 Å². The summed E-state index contributed by atoms with van der Waals surface area (Å²) in [6.45, 7) is 4.59. The monoisotopic (exact) mass is 354 g/mol. The summed E-state index contributed by atoms with van der Waals surface area (Å²) < 4.78 is 6.54. The van der Waals surface area contributed by atoms with Crippen LogP contribution in [0.25, 0.3) is 0 Å². The third-order valence-electron chi connectivity index (χ3n) is 3.85. The fraction of sp³-hybridized carbons (Fsp3) is 0.562. The van der Waals surface area contributed by atoms with Crippen molar-refractivity contribution in [2.45, 2.75) is 39.2 Å². The molecule has 0 heterocycles. The van der Waals surface area contributed by atoms with Crippen molar-refractivity contribution in [2.75, 3.05) is 17.7 Å². The highest BCUT2D eigenvalue weighted by Crippen LogP contribution is 2.30. The van der Waals surface area contributed by atoms with Gasteiger partial charge in [0.25, 0.3) is 0 Å². The molecule has 1 fully saturated rings. The Morgan fingerprint density at radius 3 is 2.62 bits per heavy atom. The summed E-state index contributed by atoms with van der Waals surface area (Å²) >= 11 is 3.38. The summed E-state index contributed by atoms with van der Waals surface area (Å²) in [6.07, 6.45) is 3.54. The highest BCUT2D eigenvalue weighted by molar-refractivity contribution is 9.10. The summed E-state index contributed by atoms with van der Waals surface area (Å²) in [6, 6.07) is 5.30. The molecule has 116 valence electrons. The highest BCUT2D eigenvalue weighted by atomic mass is 79.9. The van der Waals surface area contributed by atoms with Crippen molar-refractivity contribution < 1.29 is 9.53 Å². The largest absolute Gasteiger partial charge is 0.399 e. The van der Waals surface area contributed by atoms with Gasteiger partial charge in [-0.25, -0.2) is 0 Å². The molecule has 2 rings (SSSR count). The zero-order valence-electron chi connectivity index (χ0n) is 12.6. The average Bonchev–Trinajstić information content (AvgIpc) is 2.39. The molecule has 2 unspecified atom stereocenters. The minimum atomic E-state index is -0.133. The number of nitrogens with two attached hydrogens (primary N) is 1. The number of hydrogen-bond donors (Lipinski definition) is 2. The van der Waals surface area contributed by atoms with Gasteiger partial charge in [0.1, 0.15) is 6.61 Å². The topological polar surface area (TPSA) is 64.3 Å². The van der Waals surface area contributed by atoms with Gasteiger partial charge >= 0.3 is 0 Å². The molecule has 4 nitrogen and oxygen atoms in total. The molecule has 0 spiro atoms. The lowest BCUT2D eigenvalue weighted by atomic mass is 9.82. The average molecular weight is 355 g/mol. The summed E-state index contributed by atoms with van der Waals surface area (Å²) in [5.74, 6) is 1.22. The predicted octanol–water partition coefficient (Wildman–Crippen LogP) is 3.81. The van der Waals surface area contributed by atoms with E-state index in [1.54, 1.807) is 18.2 Å². The van der Waals surface area contributed by atoms with Gasteiger partial charge < -0.3 is 15.8 Å². The van der Waals surface area contributed by atoms with Gasteiger partial charge in [-0.1, -0.05) is 13.8 Å². The minimum absolute atomic E-state index is 0.0981. The van der Waals surface area contributed by atoms with E-state index in [1.807, 2.05) is 0 Å². The quantitative estimate of drug-likeness (QED) is 0.808. The maximum Gasteiger partial charge on any atom is 0.250 e. The van der Waals surface area contributed by atoms with E-state index in [-0.39, 0.29) is 18.6 Å². The van der Waals surface area contributed by atoms with Gasteiger partial charge in [0, 0.05) is 10.2 Å². The van der Waals surface area contributed by atoms with Crippen molar-refractivity contribution in [3.63, 3.8) is 0 Å².